The molecule has 33 heavy (non-hydrogen) atoms. The molecule has 1 aromatic carbocycles. The van der Waals surface area contributed by atoms with Crippen LogP contribution in [-0.2, 0) is 38.1 Å². The molecule has 0 unspecified atom stereocenters. The Labute approximate surface area is 190 Å². The van der Waals surface area contributed by atoms with Crippen molar-refractivity contribution in [3.63, 3.8) is 0 Å². The fraction of sp³-hybridized carbons (Fsp3) is 0.455. The van der Waals surface area contributed by atoms with Crippen LogP contribution >= 0.6 is 0 Å². The van der Waals surface area contributed by atoms with Gasteiger partial charge in [0.25, 0.3) is 5.91 Å². The minimum absolute atomic E-state index is 0.143. The Balaban J connectivity index is 2.17. The van der Waals surface area contributed by atoms with Crippen molar-refractivity contribution in [3.05, 3.63) is 35.4 Å². The maximum Gasteiger partial charge on any atom is 0.336 e. The molecular weight excluding hydrogens is 436 g/mol. The van der Waals surface area contributed by atoms with Crippen LogP contribution in [0.1, 0.15) is 6.92 Å². The number of esters is 3. The Morgan fingerprint density at radius 3 is 2.03 bits per heavy atom. The van der Waals surface area contributed by atoms with Crippen LogP contribution in [0.2, 0.25) is 0 Å². The van der Waals surface area contributed by atoms with Crippen LogP contribution in [0.4, 0.5) is 5.69 Å². The molecule has 1 fully saturated rings. The van der Waals surface area contributed by atoms with Gasteiger partial charge in [0, 0.05) is 12.8 Å². The van der Waals surface area contributed by atoms with Crippen LogP contribution in [0.15, 0.2) is 35.4 Å². The molecule has 1 aromatic rings. The number of rotatable bonds is 7. The van der Waals surface area contributed by atoms with Gasteiger partial charge in [0.1, 0.15) is 11.3 Å². The number of amides is 1. The van der Waals surface area contributed by atoms with E-state index in [0.29, 0.717) is 11.4 Å². The van der Waals surface area contributed by atoms with Gasteiger partial charge in [-0.25, -0.2) is 14.4 Å². The van der Waals surface area contributed by atoms with Crippen LogP contribution in [-0.4, -0.2) is 83.1 Å². The second-order valence-corrected chi connectivity index (χ2v) is 7.56. The summed E-state index contributed by atoms with van der Waals surface area (Å²) < 4.78 is 25.2. The van der Waals surface area contributed by atoms with Crippen molar-refractivity contribution in [1.82, 2.24) is 5.32 Å². The number of hydrogen-bond acceptors (Lipinski definition) is 10. The zero-order valence-corrected chi connectivity index (χ0v) is 19.2. The van der Waals surface area contributed by atoms with Crippen LogP contribution in [0.5, 0.6) is 5.75 Å². The first kappa shape index (κ1) is 24.2. The minimum atomic E-state index is -1.74. The highest BCUT2D eigenvalue weighted by Gasteiger charge is 2.62. The third kappa shape index (κ3) is 3.72. The van der Waals surface area contributed by atoms with Gasteiger partial charge >= 0.3 is 17.9 Å². The van der Waals surface area contributed by atoms with Crippen molar-refractivity contribution in [1.29, 1.82) is 0 Å². The van der Waals surface area contributed by atoms with Crippen LogP contribution in [0.3, 0.4) is 0 Å². The Morgan fingerprint density at radius 1 is 0.939 bits per heavy atom. The molecule has 0 spiro atoms. The molecule has 11 heteroatoms. The maximum atomic E-state index is 12.9. The summed E-state index contributed by atoms with van der Waals surface area (Å²) in [6.07, 6.45) is -0.955. The summed E-state index contributed by atoms with van der Waals surface area (Å²) in [6.45, 7) is 1.40. The number of carbonyl (C=O) groups is 4. The predicted molar refractivity (Wildman–Crippen MR) is 113 cm³/mol. The number of benzene rings is 1. The SMILES string of the molecule is COC(=O)C1=C(C(=O)OC)[C@@](C)(C(=O)OC)N[C@H]1[C@H]1[C@@H](OC)C(=O)N1c1ccc(OC)cc1. The highest BCUT2D eigenvalue weighted by Crippen LogP contribution is 2.41. The Kier molecular flexibility index (Phi) is 6.75. The van der Waals surface area contributed by atoms with E-state index in [4.69, 9.17) is 23.7 Å². The first-order valence-electron chi connectivity index (χ1n) is 9.97. The summed E-state index contributed by atoms with van der Waals surface area (Å²) in [4.78, 5) is 52.7. The van der Waals surface area contributed by atoms with E-state index in [1.807, 2.05) is 0 Å². The molecule has 1 saturated heterocycles. The molecule has 0 radical (unpaired) electrons. The number of anilines is 1. The molecule has 2 aliphatic rings. The lowest BCUT2D eigenvalue weighted by Gasteiger charge is -2.49. The number of methoxy groups -OCH3 is 5. The standard InChI is InChI=1S/C22H26N2O9/c1-22(21(28)33-6)14(20(27)32-5)13(19(26)31-4)15(23-22)16-17(30-3)18(25)24(16)11-7-9-12(29-2)10-8-11/h7-10,15-17,23H,1-6H3/t15-,16+,17-,22+/m1/s1. The molecule has 0 aromatic heterocycles. The van der Waals surface area contributed by atoms with E-state index >= 15 is 0 Å². The average molecular weight is 462 g/mol. The summed E-state index contributed by atoms with van der Waals surface area (Å²) >= 11 is 0. The van der Waals surface area contributed by atoms with Crippen LogP contribution < -0.4 is 15.0 Å². The zero-order chi connectivity index (χ0) is 24.5. The molecule has 0 bridgehead atoms. The van der Waals surface area contributed by atoms with Crippen LogP contribution in [0.25, 0.3) is 0 Å². The summed E-state index contributed by atoms with van der Waals surface area (Å²) in [5.74, 6) is -2.35. The lowest BCUT2D eigenvalue weighted by molar-refractivity contribution is -0.149. The van der Waals surface area contributed by atoms with Crippen molar-refractivity contribution in [2.24, 2.45) is 0 Å². The van der Waals surface area contributed by atoms with Gasteiger partial charge in [0.2, 0.25) is 0 Å². The molecule has 1 N–H and O–H groups in total. The van der Waals surface area contributed by atoms with E-state index in [9.17, 15) is 19.2 Å². The van der Waals surface area contributed by atoms with Crippen molar-refractivity contribution < 1.29 is 42.9 Å². The monoisotopic (exact) mass is 462 g/mol. The number of nitrogens with one attached hydrogen (secondary N) is 1. The maximum absolute atomic E-state index is 12.9. The lowest BCUT2D eigenvalue weighted by Crippen LogP contribution is -2.73. The largest absolute Gasteiger partial charge is 0.497 e. The molecule has 0 aliphatic carbocycles. The smallest absolute Gasteiger partial charge is 0.336 e. The Hall–Kier alpha value is -3.44. The van der Waals surface area contributed by atoms with E-state index in [1.165, 1.54) is 26.0 Å². The van der Waals surface area contributed by atoms with E-state index < -0.39 is 41.6 Å². The topological polar surface area (TPSA) is 130 Å². The number of hydrogen-bond donors (Lipinski definition) is 1. The highest BCUT2D eigenvalue weighted by molar-refractivity contribution is 6.11. The fourth-order valence-electron chi connectivity index (χ4n) is 4.35. The number of carbonyl (C=O) groups excluding carboxylic acids is 4. The molecule has 1 amide bonds. The predicted octanol–water partition coefficient (Wildman–Crippen LogP) is -0.0285. The molecule has 2 aliphatic heterocycles. The van der Waals surface area contributed by atoms with Gasteiger partial charge in [-0.3, -0.25) is 10.1 Å². The highest BCUT2D eigenvalue weighted by atomic mass is 16.5. The minimum Gasteiger partial charge on any atom is -0.497 e. The zero-order valence-electron chi connectivity index (χ0n) is 19.2. The van der Waals surface area contributed by atoms with Crippen LogP contribution in [0, 0.1) is 0 Å². The van der Waals surface area contributed by atoms with Crippen molar-refractivity contribution in [3.8, 4) is 5.75 Å². The first-order chi connectivity index (χ1) is 15.7. The molecule has 11 nitrogen and oxygen atoms in total. The summed E-state index contributed by atoms with van der Waals surface area (Å²) in [7, 11) is 6.31. The fourth-order valence-corrected chi connectivity index (χ4v) is 4.35. The van der Waals surface area contributed by atoms with E-state index in [1.54, 1.807) is 24.3 Å². The van der Waals surface area contributed by atoms with Gasteiger partial charge in [-0.15, -0.1) is 0 Å². The van der Waals surface area contributed by atoms with E-state index in [2.05, 4.69) is 5.32 Å². The second-order valence-electron chi connectivity index (χ2n) is 7.56. The molecule has 4 atom stereocenters. The normalized spacial score (nSPS) is 26.5. The van der Waals surface area contributed by atoms with E-state index in [-0.39, 0.29) is 17.1 Å². The summed E-state index contributed by atoms with van der Waals surface area (Å²) in [5, 5.41) is 3.01. The third-order valence-corrected chi connectivity index (χ3v) is 5.95. The number of ether oxygens (including phenoxy) is 5. The van der Waals surface area contributed by atoms with Gasteiger partial charge in [-0.1, -0.05) is 0 Å². The van der Waals surface area contributed by atoms with Crippen molar-refractivity contribution in [2.75, 3.05) is 40.4 Å². The van der Waals surface area contributed by atoms with Gasteiger partial charge in [-0.2, -0.15) is 0 Å². The van der Waals surface area contributed by atoms with Gasteiger partial charge in [0.05, 0.1) is 51.7 Å². The Morgan fingerprint density at radius 2 is 1.55 bits per heavy atom. The summed E-state index contributed by atoms with van der Waals surface area (Å²) in [6, 6.07) is 4.89. The van der Waals surface area contributed by atoms with Gasteiger partial charge < -0.3 is 28.6 Å². The number of β-lactam (4-membered cyclic amide) rings is 1. The van der Waals surface area contributed by atoms with Gasteiger partial charge in [0.15, 0.2) is 6.10 Å². The molecule has 178 valence electrons. The third-order valence-electron chi connectivity index (χ3n) is 5.95. The Bertz CT molecular complexity index is 1000. The molecule has 2 heterocycles. The molecule has 0 saturated carbocycles. The summed E-state index contributed by atoms with van der Waals surface area (Å²) in [5.41, 5.74) is -1.62. The van der Waals surface area contributed by atoms with E-state index in [0.717, 1.165) is 21.3 Å². The van der Waals surface area contributed by atoms with Crippen molar-refractivity contribution >= 4 is 29.5 Å². The quantitative estimate of drug-likeness (QED) is 0.335. The van der Waals surface area contributed by atoms with Crippen molar-refractivity contribution in [2.45, 2.75) is 30.7 Å². The second kappa shape index (κ2) is 9.20. The lowest BCUT2D eigenvalue weighted by atomic mass is 9.85. The number of nitrogens with zero attached hydrogens (tertiary/aromatic N) is 1. The first-order valence-corrected chi connectivity index (χ1v) is 9.97. The average Bonchev–Trinajstić information content (AvgIpc) is 3.14. The van der Waals surface area contributed by atoms with Gasteiger partial charge in [-0.05, 0) is 31.2 Å². The molecular formula is C22H26N2O9. The molecule has 3 rings (SSSR count).